The lowest BCUT2D eigenvalue weighted by Gasteiger charge is -2.49. The number of alkyl halides is 2. The normalized spacial score (nSPS) is 30.6. The van der Waals surface area contributed by atoms with Crippen LogP contribution in [0, 0.1) is 5.92 Å². The molecule has 6 atom stereocenters. The molecule has 8 heteroatoms. The number of benzene rings is 2. The van der Waals surface area contributed by atoms with E-state index in [9.17, 15) is 4.79 Å². The first-order chi connectivity index (χ1) is 15.1. The van der Waals surface area contributed by atoms with Gasteiger partial charge in [0.2, 0.25) is 0 Å². The maximum atomic E-state index is 12.7. The smallest absolute Gasteiger partial charge is 0.314 e. The molecule has 4 rings (SSSR count). The van der Waals surface area contributed by atoms with Crippen molar-refractivity contribution in [2.24, 2.45) is 5.92 Å². The van der Waals surface area contributed by atoms with Crippen molar-refractivity contribution in [3.8, 4) is 0 Å². The van der Waals surface area contributed by atoms with Gasteiger partial charge in [0.25, 0.3) is 0 Å². The second-order valence-corrected chi connectivity index (χ2v) is 8.62. The van der Waals surface area contributed by atoms with Crippen LogP contribution >= 0.6 is 23.2 Å². The zero-order valence-corrected chi connectivity index (χ0v) is 18.4. The van der Waals surface area contributed by atoms with Crippen LogP contribution in [0.15, 0.2) is 60.7 Å². The average Bonchev–Trinajstić information content (AvgIpc) is 2.82. The average molecular weight is 467 g/mol. The summed E-state index contributed by atoms with van der Waals surface area (Å²) < 4.78 is 29.5. The molecule has 0 bridgehead atoms. The fourth-order valence-corrected chi connectivity index (χ4v) is 4.43. The third-order valence-corrected chi connectivity index (χ3v) is 6.00. The maximum Gasteiger partial charge on any atom is 0.314 e. The van der Waals surface area contributed by atoms with E-state index in [1.165, 1.54) is 7.11 Å². The Bertz CT molecular complexity index is 850. The second kappa shape index (κ2) is 10.3. The predicted octanol–water partition coefficient (Wildman–Crippen LogP) is 4.05. The number of methoxy groups -OCH3 is 1. The van der Waals surface area contributed by atoms with Gasteiger partial charge in [0.1, 0.15) is 35.2 Å². The van der Waals surface area contributed by atoms with Gasteiger partial charge in [-0.05, 0) is 5.56 Å². The number of esters is 1. The van der Waals surface area contributed by atoms with Crippen LogP contribution in [0.2, 0.25) is 0 Å². The fraction of sp³-hybridized carbons (Fsp3) is 0.435. The van der Waals surface area contributed by atoms with Gasteiger partial charge in [-0.1, -0.05) is 60.7 Å². The van der Waals surface area contributed by atoms with Crippen molar-refractivity contribution in [2.75, 3.05) is 13.7 Å². The molecule has 31 heavy (non-hydrogen) atoms. The van der Waals surface area contributed by atoms with Crippen molar-refractivity contribution in [1.82, 2.24) is 0 Å². The van der Waals surface area contributed by atoms with Gasteiger partial charge in [0, 0.05) is 5.56 Å². The summed E-state index contributed by atoms with van der Waals surface area (Å²) in [5, 5.41) is 0. The Morgan fingerprint density at radius 1 is 1.06 bits per heavy atom. The van der Waals surface area contributed by atoms with Crippen LogP contribution in [0.1, 0.15) is 17.4 Å². The molecule has 2 aliphatic rings. The minimum atomic E-state index is -0.959. The Balaban J connectivity index is 1.62. The van der Waals surface area contributed by atoms with Gasteiger partial charge in [-0.25, -0.2) is 0 Å². The Morgan fingerprint density at radius 2 is 1.74 bits per heavy atom. The molecule has 2 aromatic carbocycles. The molecule has 1 unspecified atom stereocenters. The number of hydrogen-bond acceptors (Lipinski definition) is 6. The molecule has 2 heterocycles. The summed E-state index contributed by atoms with van der Waals surface area (Å²) in [7, 11) is 1.31. The lowest BCUT2D eigenvalue weighted by molar-refractivity contribution is -0.325. The number of carbonyl (C=O) groups excluding carboxylic acids is 1. The first-order valence-electron chi connectivity index (χ1n) is 10.1. The lowest BCUT2D eigenvalue weighted by atomic mass is 9.86. The van der Waals surface area contributed by atoms with Crippen molar-refractivity contribution in [2.45, 2.75) is 42.1 Å². The quantitative estimate of drug-likeness (QED) is 0.472. The standard InChI is InChI=1S/C23H24Cl2O6/c1-27-22(26)17-19(28-12-14-8-4-2-5-9-14)18-16(30-20(17)21(24)25)13-29-23(31-18)15-10-6-3-7-11-15/h2-11,16-21,23H,12-13H2,1H3/t16-,17+,18-,19+,20-,23?/m1/s1. The monoisotopic (exact) mass is 466 g/mol. The fourth-order valence-electron chi connectivity index (χ4n) is 4.00. The molecule has 0 aliphatic carbocycles. The molecule has 0 aromatic heterocycles. The Morgan fingerprint density at radius 3 is 2.39 bits per heavy atom. The third kappa shape index (κ3) is 5.06. The predicted molar refractivity (Wildman–Crippen MR) is 115 cm³/mol. The molecule has 166 valence electrons. The van der Waals surface area contributed by atoms with Crippen molar-refractivity contribution in [1.29, 1.82) is 0 Å². The summed E-state index contributed by atoms with van der Waals surface area (Å²) in [5.41, 5.74) is 1.83. The first kappa shape index (κ1) is 22.5. The minimum Gasteiger partial charge on any atom is -0.469 e. The molecule has 2 fully saturated rings. The summed E-state index contributed by atoms with van der Waals surface area (Å²) >= 11 is 12.4. The highest BCUT2D eigenvalue weighted by molar-refractivity contribution is 6.44. The van der Waals surface area contributed by atoms with E-state index >= 15 is 0 Å². The number of rotatable bonds is 6. The van der Waals surface area contributed by atoms with Crippen molar-refractivity contribution in [3.05, 3.63) is 71.8 Å². The highest BCUT2D eigenvalue weighted by atomic mass is 35.5. The van der Waals surface area contributed by atoms with Crippen molar-refractivity contribution < 1.29 is 28.5 Å². The summed E-state index contributed by atoms with van der Waals surface area (Å²) in [6.45, 7) is 0.532. The van der Waals surface area contributed by atoms with Crippen LogP contribution in [0.25, 0.3) is 0 Å². The highest BCUT2D eigenvalue weighted by Gasteiger charge is 2.55. The van der Waals surface area contributed by atoms with Gasteiger partial charge in [0.05, 0.1) is 20.3 Å². The molecule has 0 spiro atoms. The molecular formula is C23H24Cl2O6. The van der Waals surface area contributed by atoms with Crippen molar-refractivity contribution in [3.63, 3.8) is 0 Å². The largest absolute Gasteiger partial charge is 0.469 e. The topological polar surface area (TPSA) is 63.2 Å². The van der Waals surface area contributed by atoms with Crippen LogP contribution in [-0.2, 0) is 35.1 Å². The number of ether oxygens (including phenoxy) is 5. The number of fused-ring (bicyclic) bond motifs is 1. The third-order valence-electron chi connectivity index (χ3n) is 5.50. The summed E-state index contributed by atoms with van der Waals surface area (Å²) in [6.07, 6.45) is -3.18. The van der Waals surface area contributed by atoms with Gasteiger partial charge in [-0.2, -0.15) is 0 Å². The Kier molecular flexibility index (Phi) is 7.48. The SMILES string of the molecule is COC(=O)[C@H]1[C@H](OCc2ccccc2)[C@@H]2OC(c3ccccc3)OC[C@H]2O[C@H]1C(Cl)Cl. The van der Waals surface area contributed by atoms with Gasteiger partial charge >= 0.3 is 5.97 Å². The molecule has 6 nitrogen and oxygen atoms in total. The summed E-state index contributed by atoms with van der Waals surface area (Å²) in [6, 6.07) is 19.3. The van der Waals surface area contributed by atoms with E-state index in [0.717, 1.165) is 11.1 Å². The molecule has 2 aliphatic heterocycles. The minimum absolute atomic E-state index is 0.250. The second-order valence-electron chi connectivity index (χ2n) is 7.46. The van der Waals surface area contributed by atoms with Gasteiger partial charge in [0.15, 0.2) is 6.29 Å². The Labute approximate surface area is 191 Å². The molecule has 0 saturated carbocycles. The Hall–Kier alpha value is -1.67. The van der Waals surface area contributed by atoms with Crippen LogP contribution in [-0.4, -0.2) is 48.9 Å². The first-order valence-corrected chi connectivity index (χ1v) is 10.9. The van der Waals surface area contributed by atoms with Gasteiger partial charge < -0.3 is 23.7 Å². The van der Waals surface area contributed by atoms with E-state index in [1.807, 2.05) is 60.7 Å². The summed E-state index contributed by atoms with van der Waals surface area (Å²) in [4.78, 5) is 11.8. The van der Waals surface area contributed by atoms with Crippen LogP contribution in [0.4, 0.5) is 0 Å². The number of halogens is 2. The molecule has 0 N–H and O–H groups in total. The molecule has 2 saturated heterocycles. The van der Waals surface area contributed by atoms with Gasteiger partial charge in [-0.3, -0.25) is 4.79 Å². The van der Waals surface area contributed by atoms with E-state index in [0.29, 0.717) is 0 Å². The van der Waals surface area contributed by atoms with E-state index in [-0.39, 0.29) is 13.2 Å². The van der Waals surface area contributed by atoms with E-state index < -0.39 is 47.4 Å². The molecule has 0 radical (unpaired) electrons. The number of carbonyl (C=O) groups is 1. The maximum absolute atomic E-state index is 12.7. The van der Waals surface area contributed by atoms with E-state index in [1.54, 1.807) is 0 Å². The van der Waals surface area contributed by atoms with Crippen LogP contribution < -0.4 is 0 Å². The number of hydrogen-bond donors (Lipinski definition) is 0. The van der Waals surface area contributed by atoms with E-state index in [4.69, 9.17) is 46.9 Å². The molecular weight excluding hydrogens is 443 g/mol. The van der Waals surface area contributed by atoms with Crippen molar-refractivity contribution >= 4 is 29.2 Å². The van der Waals surface area contributed by atoms with Crippen LogP contribution in [0.3, 0.4) is 0 Å². The highest BCUT2D eigenvalue weighted by Crippen LogP contribution is 2.40. The van der Waals surface area contributed by atoms with E-state index in [2.05, 4.69) is 0 Å². The van der Waals surface area contributed by atoms with Gasteiger partial charge in [-0.15, -0.1) is 23.2 Å². The molecule has 0 amide bonds. The zero-order chi connectivity index (χ0) is 21.8. The zero-order valence-electron chi connectivity index (χ0n) is 16.9. The van der Waals surface area contributed by atoms with Crippen LogP contribution in [0.5, 0.6) is 0 Å². The molecule has 2 aromatic rings. The lowest BCUT2D eigenvalue weighted by Crippen LogP contribution is -2.63. The summed E-state index contributed by atoms with van der Waals surface area (Å²) in [5.74, 6) is -1.37.